The molecule has 0 bridgehead atoms. The summed E-state index contributed by atoms with van der Waals surface area (Å²) in [5.74, 6) is 0. The normalized spacial score (nSPS) is 13.2. The van der Waals surface area contributed by atoms with Gasteiger partial charge in [0.15, 0.2) is 0 Å². The number of halogens is 1. The van der Waals surface area contributed by atoms with Gasteiger partial charge in [-0.05, 0) is 33.2 Å². The molecule has 3 heteroatoms. The molecule has 0 saturated heterocycles. The van der Waals surface area contributed by atoms with Crippen molar-refractivity contribution < 1.29 is 4.74 Å². The van der Waals surface area contributed by atoms with Crippen molar-refractivity contribution in [3.05, 3.63) is 0 Å². The van der Waals surface area contributed by atoms with Gasteiger partial charge in [0.2, 0.25) is 0 Å². The second kappa shape index (κ2) is 6.92. The van der Waals surface area contributed by atoms with Crippen molar-refractivity contribution >= 4 is 18.5 Å². The van der Waals surface area contributed by atoms with Gasteiger partial charge in [-0.15, -0.1) is 0 Å². The van der Waals surface area contributed by atoms with Gasteiger partial charge in [-0.1, -0.05) is 32.4 Å². The summed E-state index contributed by atoms with van der Waals surface area (Å²) in [7, 11) is -1.31. The van der Waals surface area contributed by atoms with Crippen LogP contribution < -0.4 is 0 Å². The zero-order valence-electron chi connectivity index (χ0n) is 11.0. The van der Waals surface area contributed by atoms with Crippen molar-refractivity contribution in [2.45, 2.75) is 71.2 Å². The smallest absolute Gasteiger partial charge is 0.150 e. The molecular weight excluding hydrogens is 224 g/mol. The van der Waals surface area contributed by atoms with Crippen molar-refractivity contribution in [2.24, 2.45) is 0 Å². The molecule has 0 amide bonds. The Morgan fingerprint density at radius 3 is 2.00 bits per heavy atom. The second-order valence-electron chi connectivity index (χ2n) is 5.84. The molecule has 0 radical (unpaired) electrons. The van der Waals surface area contributed by atoms with Crippen LogP contribution in [0.2, 0.25) is 19.1 Å². The summed E-state index contributed by atoms with van der Waals surface area (Å²) in [4.78, 5) is 0. The first kappa shape index (κ1) is 15.5. The molecule has 0 aromatic rings. The molecule has 0 N–H and O–H groups in total. The summed E-state index contributed by atoms with van der Waals surface area (Å²) in [6, 6.07) is 1.24. The van der Waals surface area contributed by atoms with E-state index in [0.717, 1.165) is 6.61 Å². The highest BCUT2D eigenvalue weighted by Crippen LogP contribution is 2.18. The van der Waals surface area contributed by atoms with Crippen molar-refractivity contribution in [2.75, 3.05) is 6.61 Å². The SMILES string of the molecule is CC(C)(C)OCCCCCC[Si](C)(C)Cl. The molecular formula is C12H27ClOSi. The highest BCUT2D eigenvalue weighted by molar-refractivity contribution is 7.19. The minimum atomic E-state index is -1.31. The quantitative estimate of drug-likeness (QED) is 0.358. The van der Waals surface area contributed by atoms with Gasteiger partial charge < -0.3 is 4.74 Å². The van der Waals surface area contributed by atoms with Crippen LogP contribution >= 0.6 is 11.1 Å². The van der Waals surface area contributed by atoms with Crippen LogP contribution in [0.5, 0.6) is 0 Å². The van der Waals surface area contributed by atoms with Crippen LogP contribution in [0.4, 0.5) is 0 Å². The molecule has 0 aromatic carbocycles. The summed E-state index contributed by atoms with van der Waals surface area (Å²) < 4.78 is 5.66. The number of unbranched alkanes of at least 4 members (excludes halogenated alkanes) is 3. The Hall–Kier alpha value is 0.467. The van der Waals surface area contributed by atoms with Gasteiger partial charge in [-0.25, -0.2) is 0 Å². The van der Waals surface area contributed by atoms with Gasteiger partial charge in [0.1, 0.15) is 7.38 Å². The molecule has 0 heterocycles. The van der Waals surface area contributed by atoms with Gasteiger partial charge in [0.25, 0.3) is 0 Å². The van der Waals surface area contributed by atoms with Crippen LogP contribution in [0.25, 0.3) is 0 Å². The molecule has 0 aliphatic carbocycles. The van der Waals surface area contributed by atoms with Crippen LogP contribution in [0.1, 0.15) is 46.5 Å². The Labute approximate surface area is 101 Å². The maximum atomic E-state index is 6.25. The first-order chi connectivity index (χ1) is 6.71. The predicted molar refractivity (Wildman–Crippen MR) is 72.3 cm³/mol. The van der Waals surface area contributed by atoms with E-state index >= 15 is 0 Å². The zero-order valence-corrected chi connectivity index (χ0v) is 12.8. The van der Waals surface area contributed by atoms with Crippen molar-refractivity contribution in [1.82, 2.24) is 0 Å². The fourth-order valence-electron chi connectivity index (χ4n) is 1.38. The lowest BCUT2D eigenvalue weighted by Crippen LogP contribution is -2.19. The Kier molecular flexibility index (Phi) is 7.14. The zero-order chi connectivity index (χ0) is 11.9. The van der Waals surface area contributed by atoms with Crippen molar-refractivity contribution in [1.29, 1.82) is 0 Å². The van der Waals surface area contributed by atoms with E-state index in [9.17, 15) is 0 Å². The van der Waals surface area contributed by atoms with Crippen LogP contribution in [0.15, 0.2) is 0 Å². The van der Waals surface area contributed by atoms with E-state index in [0.29, 0.717) is 0 Å². The largest absolute Gasteiger partial charge is 0.376 e. The molecule has 92 valence electrons. The van der Waals surface area contributed by atoms with Crippen molar-refractivity contribution in [3.63, 3.8) is 0 Å². The topological polar surface area (TPSA) is 9.23 Å². The van der Waals surface area contributed by atoms with E-state index in [1.807, 2.05) is 0 Å². The number of hydrogen-bond acceptors (Lipinski definition) is 1. The standard InChI is InChI=1S/C12H27ClOSi/c1-12(2,3)14-10-8-6-7-9-11-15(4,5)13/h6-11H2,1-5H3. The summed E-state index contributed by atoms with van der Waals surface area (Å²) in [5, 5.41) is 0. The van der Waals surface area contributed by atoms with Gasteiger partial charge in [-0.2, -0.15) is 11.1 Å². The average molecular weight is 251 g/mol. The minimum Gasteiger partial charge on any atom is -0.376 e. The lowest BCUT2D eigenvalue weighted by atomic mass is 10.2. The molecule has 0 rings (SSSR count). The molecule has 0 aliphatic rings. The Morgan fingerprint density at radius 2 is 1.53 bits per heavy atom. The summed E-state index contributed by atoms with van der Waals surface area (Å²) in [6.07, 6.45) is 5.05. The Morgan fingerprint density at radius 1 is 1.00 bits per heavy atom. The number of rotatable bonds is 7. The lowest BCUT2D eigenvalue weighted by molar-refractivity contribution is -0.00471. The first-order valence-corrected chi connectivity index (χ1v) is 10.3. The monoisotopic (exact) mass is 250 g/mol. The van der Waals surface area contributed by atoms with Crippen LogP contribution in [-0.4, -0.2) is 19.6 Å². The highest BCUT2D eigenvalue weighted by Gasteiger charge is 2.15. The fraction of sp³-hybridized carbons (Fsp3) is 1.00. The molecule has 0 atom stereocenters. The Bertz CT molecular complexity index is 140. The van der Waals surface area contributed by atoms with Crippen LogP contribution in [-0.2, 0) is 4.74 Å². The highest BCUT2D eigenvalue weighted by atomic mass is 35.6. The van der Waals surface area contributed by atoms with E-state index in [1.54, 1.807) is 0 Å². The van der Waals surface area contributed by atoms with Gasteiger partial charge >= 0.3 is 0 Å². The molecule has 0 saturated carbocycles. The molecule has 0 spiro atoms. The fourth-order valence-corrected chi connectivity index (χ4v) is 2.87. The maximum Gasteiger partial charge on any atom is 0.150 e. The molecule has 0 aliphatic heterocycles. The molecule has 0 aromatic heterocycles. The minimum absolute atomic E-state index is 0.0189. The molecule has 0 unspecified atom stereocenters. The molecule has 15 heavy (non-hydrogen) atoms. The van der Waals surface area contributed by atoms with Crippen LogP contribution in [0, 0.1) is 0 Å². The third-order valence-electron chi connectivity index (χ3n) is 2.20. The molecule has 1 nitrogen and oxygen atoms in total. The summed E-state index contributed by atoms with van der Waals surface area (Å²) in [5.41, 5.74) is 0.0189. The third kappa shape index (κ3) is 14.5. The van der Waals surface area contributed by atoms with Gasteiger partial charge in [-0.3, -0.25) is 0 Å². The van der Waals surface area contributed by atoms with Crippen LogP contribution in [0.3, 0.4) is 0 Å². The van der Waals surface area contributed by atoms with E-state index in [2.05, 4.69) is 33.9 Å². The van der Waals surface area contributed by atoms with E-state index in [-0.39, 0.29) is 5.60 Å². The summed E-state index contributed by atoms with van der Waals surface area (Å²) in [6.45, 7) is 11.7. The maximum absolute atomic E-state index is 6.25. The number of ether oxygens (including phenoxy) is 1. The second-order valence-corrected chi connectivity index (χ2v) is 12.9. The predicted octanol–water partition coefficient (Wildman–Crippen LogP) is 4.81. The Balaban J connectivity index is 3.20. The van der Waals surface area contributed by atoms with Gasteiger partial charge in [0, 0.05) is 6.61 Å². The van der Waals surface area contributed by atoms with Crippen molar-refractivity contribution in [3.8, 4) is 0 Å². The summed E-state index contributed by atoms with van der Waals surface area (Å²) >= 11 is 6.25. The van der Waals surface area contributed by atoms with E-state index in [4.69, 9.17) is 15.8 Å². The third-order valence-corrected chi connectivity index (χ3v) is 4.31. The number of hydrogen-bond donors (Lipinski definition) is 0. The van der Waals surface area contributed by atoms with Gasteiger partial charge in [0.05, 0.1) is 5.60 Å². The average Bonchev–Trinajstić information content (AvgIpc) is 1.98. The molecule has 0 fully saturated rings. The lowest BCUT2D eigenvalue weighted by Gasteiger charge is -2.19. The van der Waals surface area contributed by atoms with E-state index in [1.165, 1.54) is 31.7 Å². The van der Waals surface area contributed by atoms with E-state index < -0.39 is 7.38 Å². The first-order valence-electron chi connectivity index (χ1n) is 6.04.